The summed E-state index contributed by atoms with van der Waals surface area (Å²) in [6.07, 6.45) is 4.95. The molecule has 0 saturated carbocycles. The largest absolute Gasteiger partial charge is 0.505 e. The molecule has 0 aliphatic carbocycles. The van der Waals surface area contributed by atoms with Gasteiger partial charge in [0, 0.05) is 28.3 Å². The number of aromatic nitrogens is 4. The van der Waals surface area contributed by atoms with Gasteiger partial charge in [0.15, 0.2) is 22.9 Å². The number of aromatic hydroxyl groups is 2. The summed E-state index contributed by atoms with van der Waals surface area (Å²) >= 11 is 3.48. The van der Waals surface area contributed by atoms with Gasteiger partial charge in [-0.05, 0) is 66.2 Å². The van der Waals surface area contributed by atoms with Crippen LogP contribution in [0, 0.1) is 0 Å². The molecule has 43 heavy (non-hydrogen) atoms. The highest BCUT2D eigenvalue weighted by atomic mass is 79.9. The zero-order chi connectivity index (χ0) is 30.5. The van der Waals surface area contributed by atoms with Crippen molar-refractivity contribution in [1.29, 1.82) is 0 Å². The topological polar surface area (TPSA) is 129 Å². The number of hydrogen-bond donors (Lipinski definition) is 2. The fourth-order valence-corrected chi connectivity index (χ4v) is 5.19. The molecule has 4 aromatic heterocycles. The predicted molar refractivity (Wildman–Crippen MR) is 165 cm³/mol. The van der Waals surface area contributed by atoms with Crippen molar-refractivity contribution >= 4 is 49.7 Å². The van der Waals surface area contributed by atoms with E-state index < -0.39 is 11.9 Å². The number of fused-ring (bicyclic) bond motifs is 2. The molecule has 11 heteroatoms. The van der Waals surface area contributed by atoms with Gasteiger partial charge in [-0.15, -0.1) is 0 Å². The first-order valence-corrected chi connectivity index (χ1v) is 14.2. The molecule has 0 unspecified atom stereocenters. The number of benzene rings is 2. The standard InChI is InChI=1S/C16H13BrN2O3.C16H14N2O3/c1-2-22-16(21)14-15(20)11-8-13(17)19(12(11)9-18-14)10-6-4-3-5-7-10;1-2-21-16(20)14-15(19)12-8-9-18(13(12)10-17-14)11-6-4-3-5-7-11/h3-9,20H,2H2,1H3;3-10,19H,2H2,1H3. The third-order valence-corrected chi connectivity index (χ3v) is 7.08. The lowest BCUT2D eigenvalue weighted by atomic mass is 10.2. The van der Waals surface area contributed by atoms with Gasteiger partial charge >= 0.3 is 11.9 Å². The average Bonchev–Trinajstić information content (AvgIpc) is 3.61. The molecule has 0 saturated heterocycles. The quantitative estimate of drug-likeness (QED) is 0.195. The third kappa shape index (κ3) is 5.80. The molecule has 4 heterocycles. The van der Waals surface area contributed by atoms with E-state index in [-0.39, 0.29) is 36.1 Å². The molecule has 0 atom stereocenters. The highest BCUT2D eigenvalue weighted by Crippen LogP contribution is 2.34. The fourth-order valence-electron chi connectivity index (χ4n) is 4.57. The second-order valence-corrected chi connectivity index (χ2v) is 9.92. The van der Waals surface area contributed by atoms with Crippen LogP contribution in [0.15, 0.2) is 96.0 Å². The van der Waals surface area contributed by atoms with Crippen molar-refractivity contribution in [3.8, 4) is 22.9 Å². The van der Waals surface area contributed by atoms with Crippen molar-refractivity contribution in [3.05, 3.63) is 107 Å². The minimum absolute atomic E-state index is 0.0600. The van der Waals surface area contributed by atoms with Gasteiger partial charge < -0.3 is 28.8 Å². The maximum absolute atomic E-state index is 11.8. The van der Waals surface area contributed by atoms with Crippen LogP contribution in [0.25, 0.3) is 33.2 Å². The van der Waals surface area contributed by atoms with Gasteiger partial charge in [0.25, 0.3) is 0 Å². The second kappa shape index (κ2) is 12.8. The highest BCUT2D eigenvalue weighted by molar-refractivity contribution is 9.10. The number of hydrogen-bond acceptors (Lipinski definition) is 8. The van der Waals surface area contributed by atoms with Gasteiger partial charge in [-0.1, -0.05) is 36.4 Å². The molecule has 10 nitrogen and oxygen atoms in total. The molecule has 0 radical (unpaired) electrons. The molecule has 2 aromatic carbocycles. The number of halogens is 1. The molecule has 6 aromatic rings. The Kier molecular flexibility index (Phi) is 8.72. The maximum Gasteiger partial charge on any atom is 0.360 e. The van der Waals surface area contributed by atoms with Crippen molar-refractivity contribution in [2.75, 3.05) is 13.2 Å². The Morgan fingerprint density at radius 1 is 0.744 bits per heavy atom. The summed E-state index contributed by atoms with van der Waals surface area (Å²) in [5.41, 5.74) is 3.17. The summed E-state index contributed by atoms with van der Waals surface area (Å²) in [6.45, 7) is 3.88. The molecule has 0 bridgehead atoms. The summed E-state index contributed by atoms with van der Waals surface area (Å²) in [7, 11) is 0. The van der Waals surface area contributed by atoms with Crippen molar-refractivity contribution in [2.24, 2.45) is 0 Å². The van der Waals surface area contributed by atoms with Gasteiger partial charge in [0.05, 0.1) is 41.2 Å². The number of carbonyl (C=O) groups is 2. The van der Waals surface area contributed by atoms with Gasteiger partial charge in [-0.2, -0.15) is 0 Å². The average molecular weight is 643 g/mol. The van der Waals surface area contributed by atoms with E-state index in [0.717, 1.165) is 21.5 Å². The fraction of sp³-hybridized carbons (Fsp3) is 0.125. The van der Waals surface area contributed by atoms with E-state index in [1.54, 1.807) is 38.4 Å². The first-order chi connectivity index (χ1) is 20.8. The first-order valence-electron chi connectivity index (χ1n) is 13.4. The summed E-state index contributed by atoms with van der Waals surface area (Å²) in [4.78, 5) is 31.6. The monoisotopic (exact) mass is 642 g/mol. The molecule has 6 rings (SSSR count). The van der Waals surface area contributed by atoms with Gasteiger partial charge in [-0.3, -0.25) is 0 Å². The summed E-state index contributed by atoms with van der Waals surface area (Å²) < 4.78 is 14.3. The Labute approximate surface area is 254 Å². The van der Waals surface area contributed by atoms with Crippen molar-refractivity contribution in [1.82, 2.24) is 19.1 Å². The SMILES string of the molecule is CCOC(=O)c1ncc2c(cc(Br)n2-c2ccccc2)c1O.CCOC(=O)c1ncc2c(ccn2-c2ccccc2)c1O. The molecule has 0 fully saturated rings. The summed E-state index contributed by atoms with van der Waals surface area (Å²) in [5, 5.41) is 21.7. The number of ether oxygens (including phenoxy) is 2. The lowest BCUT2D eigenvalue weighted by Gasteiger charge is -2.08. The lowest BCUT2D eigenvalue weighted by Crippen LogP contribution is -2.07. The van der Waals surface area contributed by atoms with Gasteiger partial charge in [0.2, 0.25) is 0 Å². The van der Waals surface area contributed by atoms with Crippen molar-refractivity contribution < 1.29 is 29.3 Å². The minimum atomic E-state index is -0.634. The second-order valence-electron chi connectivity index (χ2n) is 9.11. The van der Waals surface area contributed by atoms with Crippen LogP contribution in [-0.4, -0.2) is 54.5 Å². The van der Waals surface area contributed by atoms with Crippen molar-refractivity contribution in [3.63, 3.8) is 0 Å². The third-order valence-electron chi connectivity index (χ3n) is 6.50. The van der Waals surface area contributed by atoms with Crippen LogP contribution in [0.4, 0.5) is 0 Å². The molecule has 2 N–H and O–H groups in total. The molecular weight excluding hydrogens is 616 g/mol. The normalized spacial score (nSPS) is 10.8. The molecule has 0 aliphatic heterocycles. The van der Waals surface area contributed by atoms with Crippen LogP contribution in [-0.2, 0) is 9.47 Å². The molecule has 0 aliphatic rings. The zero-order valence-corrected chi connectivity index (χ0v) is 24.9. The molecule has 0 amide bonds. The van der Waals surface area contributed by atoms with E-state index >= 15 is 0 Å². The Morgan fingerprint density at radius 3 is 1.81 bits per heavy atom. The first kappa shape index (κ1) is 29.3. The number of nitrogens with zero attached hydrogens (tertiary/aromatic N) is 4. The lowest BCUT2D eigenvalue weighted by molar-refractivity contribution is 0.0506. The van der Waals surface area contributed by atoms with E-state index in [4.69, 9.17) is 9.47 Å². The number of para-hydroxylation sites is 2. The zero-order valence-electron chi connectivity index (χ0n) is 23.3. The van der Waals surface area contributed by atoms with Crippen LogP contribution in [0.2, 0.25) is 0 Å². The van der Waals surface area contributed by atoms with E-state index in [9.17, 15) is 19.8 Å². The van der Waals surface area contributed by atoms with E-state index in [0.29, 0.717) is 16.3 Å². The smallest absolute Gasteiger partial charge is 0.360 e. The highest BCUT2D eigenvalue weighted by Gasteiger charge is 2.21. The van der Waals surface area contributed by atoms with Gasteiger partial charge in [-0.25, -0.2) is 19.6 Å². The predicted octanol–water partition coefficient (Wildman–Crippen LogP) is 6.58. The number of pyridine rings is 2. The number of carbonyl (C=O) groups excluding carboxylic acids is 2. The Bertz CT molecular complexity index is 1920. The van der Waals surface area contributed by atoms with E-state index in [1.165, 1.54) is 0 Å². The van der Waals surface area contributed by atoms with Crippen LogP contribution < -0.4 is 0 Å². The van der Waals surface area contributed by atoms with Crippen molar-refractivity contribution in [2.45, 2.75) is 13.8 Å². The number of rotatable bonds is 6. The maximum atomic E-state index is 11.8. The van der Waals surface area contributed by atoms with Gasteiger partial charge in [0.1, 0.15) is 0 Å². The Balaban J connectivity index is 0.000000171. The van der Waals surface area contributed by atoms with Crippen LogP contribution >= 0.6 is 15.9 Å². The summed E-state index contributed by atoms with van der Waals surface area (Å²) in [6, 6.07) is 22.9. The minimum Gasteiger partial charge on any atom is -0.505 e. The van der Waals surface area contributed by atoms with E-state index in [1.807, 2.05) is 76.0 Å². The number of esters is 2. The molecule has 0 spiro atoms. The molecule has 218 valence electrons. The van der Waals surface area contributed by atoms with Crippen LogP contribution in [0.5, 0.6) is 11.5 Å². The van der Waals surface area contributed by atoms with E-state index in [2.05, 4.69) is 25.9 Å². The van der Waals surface area contributed by atoms with Crippen LogP contribution in [0.1, 0.15) is 34.8 Å². The Hall–Kier alpha value is -5.16. The Morgan fingerprint density at radius 2 is 1.26 bits per heavy atom. The summed E-state index contributed by atoms with van der Waals surface area (Å²) in [5.74, 6) is -1.58. The van der Waals surface area contributed by atoms with Crippen LogP contribution in [0.3, 0.4) is 0 Å². The molecular formula is C32H27BrN4O6.